The van der Waals surface area contributed by atoms with Crippen molar-refractivity contribution < 1.29 is 19.0 Å². The van der Waals surface area contributed by atoms with Crippen molar-refractivity contribution in [1.82, 2.24) is 0 Å². The predicted octanol–water partition coefficient (Wildman–Crippen LogP) is 3.01. The van der Waals surface area contributed by atoms with Gasteiger partial charge in [-0.3, -0.25) is 0 Å². The van der Waals surface area contributed by atoms with Crippen LogP contribution in [0.15, 0.2) is 53.5 Å². The Labute approximate surface area is 122 Å². The largest absolute Gasteiger partial charge is 0.497 e. The lowest BCUT2D eigenvalue weighted by molar-refractivity contribution is -0.126. The van der Waals surface area contributed by atoms with E-state index >= 15 is 0 Å². The summed E-state index contributed by atoms with van der Waals surface area (Å²) in [7, 11) is 3.10. The Morgan fingerprint density at radius 1 is 0.952 bits per heavy atom. The first kappa shape index (κ1) is 14.6. The molecule has 0 aliphatic carbocycles. The molecule has 5 heteroatoms. The van der Waals surface area contributed by atoms with Gasteiger partial charge in [-0.25, -0.2) is 9.79 Å². The number of esters is 1. The van der Waals surface area contributed by atoms with Crippen molar-refractivity contribution in [2.24, 2.45) is 4.99 Å². The van der Waals surface area contributed by atoms with E-state index in [-0.39, 0.29) is 0 Å². The summed E-state index contributed by atoms with van der Waals surface area (Å²) in [6.07, 6.45) is 1.12. The first-order valence-corrected chi connectivity index (χ1v) is 6.26. The van der Waals surface area contributed by atoms with Gasteiger partial charge in [-0.2, -0.15) is 0 Å². The molecular formula is C16H15NO4. The zero-order chi connectivity index (χ0) is 15.1. The van der Waals surface area contributed by atoms with Gasteiger partial charge >= 0.3 is 5.97 Å². The molecule has 0 spiro atoms. The SMILES string of the molecule is COc1ccc(N=CC(=O)Oc2ccccc2OC)cc1. The molecule has 2 rings (SSSR count). The predicted molar refractivity (Wildman–Crippen MR) is 79.8 cm³/mol. The Hall–Kier alpha value is -2.82. The van der Waals surface area contributed by atoms with Gasteiger partial charge in [-0.1, -0.05) is 12.1 Å². The van der Waals surface area contributed by atoms with E-state index in [9.17, 15) is 4.79 Å². The number of methoxy groups -OCH3 is 2. The highest BCUT2D eigenvalue weighted by Gasteiger charge is 2.06. The first-order chi connectivity index (χ1) is 10.2. The summed E-state index contributed by atoms with van der Waals surface area (Å²) in [6.45, 7) is 0. The highest BCUT2D eigenvalue weighted by molar-refractivity contribution is 6.24. The number of hydrogen-bond donors (Lipinski definition) is 0. The van der Waals surface area contributed by atoms with Crippen molar-refractivity contribution in [3.63, 3.8) is 0 Å². The lowest BCUT2D eigenvalue weighted by Gasteiger charge is -2.06. The summed E-state index contributed by atoms with van der Waals surface area (Å²) in [5, 5.41) is 0. The maximum atomic E-state index is 11.7. The number of rotatable bonds is 5. The van der Waals surface area contributed by atoms with Crippen LogP contribution in [0.1, 0.15) is 0 Å². The number of aliphatic imine (C=N–C) groups is 1. The molecule has 0 heterocycles. The van der Waals surface area contributed by atoms with Gasteiger partial charge in [0, 0.05) is 0 Å². The highest BCUT2D eigenvalue weighted by Crippen LogP contribution is 2.25. The number of carbonyl (C=O) groups is 1. The number of carbonyl (C=O) groups excluding carboxylic acids is 1. The van der Waals surface area contributed by atoms with Crippen molar-refractivity contribution in [2.45, 2.75) is 0 Å². The quantitative estimate of drug-likeness (QED) is 0.481. The van der Waals surface area contributed by atoms with Crippen molar-refractivity contribution >= 4 is 17.9 Å². The zero-order valence-corrected chi connectivity index (χ0v) is 11.8. The van der Waals surface area contributed by atoms with Gasteiger partial charge in [0.15, 0.2) is 11.5 Å². The van der Waals surface area contributed by atoms with E-state index in [1.54, 1.807) is 55.6 Å². The molecule has 0 amide bonds. The van der Waals surface area contributed by atoms with Gasteiger partial charge in [0.05, 0.1) is 19.9 Å². The minimum Gasteiger partial charge on any atom is -0.497 e. The normalized spacial score (nSPS) is 10.4. The third-order valence-corrected chi connectivity index (χ3v) is 2.67. The van der Waals surface area contributed by atoms with Crippen LogP contribution in [0, 0.1) is 0 Å². The van der Waals surface area contributed by atoms with Crippen LogP contribution >= 0.6 is 0 Å². The monoisotopic (exact) mass is 285 g/mol. The number of nitrogens with zero attached hydrogens (tertiary/aromatic N) is 1. The maximum Gasteiger partial charge on any atom is 0.354 e. The first-order valence-electron chi connectivity index (χ1n) is 6.26. The fourth-order valence-electron chi connectivity index (χ4n) is 1.63. The molecule has 5 nitrogen and oxygen atoms in total. The van der Waals surface area contributed by atoms with Gasteiger partial charge in [0.25, 0.3) is 0 Å². The topological polar surface area (TPSA) is 57.1 Å². The molecule has 0 fully saturated rings. The second kappa shape index (κ2) is 7.09. The van der Waals surface area contributed by atoms with E-state index < -0.39 is 5.97 Å². The Bertz CT molecular complexity index is 635. The summed E-state index contributed by atoms with van der Waals surface area (Å²) in [6, 6.07) is 13.9. The Morgan fingerprint density at radius 2 is 1.62 bits per heavy atom. The van der Waals surface area contributed by atoms with Crippen LogP contribution in [0.2, 0.25) is 0 Å². The van der Waals surface area contributed by atoms with Crippen molar-refractivity contribution in [2.75, 3.05) is 14.2 Å². The summed E-state index contributed by atoms with van der Waals surface area (Å²) < 4.78 is 15.3. The molecule has 0 aliphatic rings. The van der Waals surface area contributed by atoms with Crippen molar-refractivity contribution in [1.29, 1.82) is 0 Å². The van der Waals surface area contributed by atoms with Gasteiger partial charge < -0.3 is 14.2 Å². The van der Waals surface area contributed by atoms with Crippen LogP contribution in [0.4, 0.5) is 5.69 Å². The van der Waals surface area contributed by atoms with E-state index in [1.165, 1.54) is 7.11 Å². The third-order valence-electron chi connectivity index (χ3n) is 2.67. The minimum atomic E-state index is -0.574. The second-order valence-electron chi connectivity index (χ2n) is 4.03. The zero-order valence-electron chi connectivity index (χ0n) is 11.8. The molecule has 0 saturated heterocycles. The van der Waals surface area contributed by atoms with Crippen molar-refractivity contribution in [3.05, 3.63) is 48.5 Å². The van der Waals surface area contributed by atoms with E-state index in [1.807, 2.05) is 0 Å². The van der Waals surface area contributed by atoms with Crippen LogP contribution in [-0.2, 0) is 4.79 Å². The molecule has 0 saturated carbocycles. The van der Waals surface area contributed by atoms with Gasteiger partial charge in [-0.15, -0.1) is 0 Å². The van der Waals surface area contributed by atoms with Gasteiger partial charge in [0.1, 0.15) is 12.0 Å². The summed E-state index contributed by atoms with van der Waals surface area (Å²) in [5.74, 6) is 0.996. The molecule has 0 N–H and O–H groups in total. The minimum absolute atomic E-state index is 0.353. The van der Waals surface area contributed by atoms with Crippen LogP contribution < -0.4 is 14.2 Å². The van der Waals surface area contributed by atoms with Crippen LogP contribution in [0.25, 0.3) is 0 Å². The van der Waals surface area contributed by atoms with E-state index in [2.05, 4.69) is 4.99 Å². The average Bonchev–Trinajstić information content (AvgIpc) is 2.54. The number of benzene rings is 2. The Balaban J connectivity index is 2.02. The van der Waals surface area contributed by atoms with Crippen molar-refractivity contribution in [3.8, 4) is 17.2 Å². The average molecular weight is 285 g/mol. The molecule has 0 aliphatic heterocycles. The molecular weight excluding hydrogens is 270 g/mol. The van der Waals surface area contributed by atoms with Gasteiger partial charge in [-0.05, 0) is 36.4 Å². The highest BCUT2D eigenvalue weighted by atomic mass is 16.6. The standard InChI is InChI=1S/C16H15NO4/c1-19-13-9-7-12(8-10-13)17-11-16(18)21-15-6-4-3-5-14(15)20-2/h3-11H,1-2H3. The number of ether oxygens (including phenoxy) is 3. The van der Waals surface area contributed by atoms with E-state index in [0.717, 1.165) is 12.0 Å². The summed E-state index contributed by atoms with van der Waals surface area (Å²) in [4.78, 5) is 15.8. The lowest BCUT2D eigenvalue weighted by atomic mass is 10.3. The molecule has 0 aromatic heterocycles. The van der Waals surface area contributed by atoms with E-state index in [4.69, 9.17) is 14.2 Å². The fraction of sp³-hybridized carbons (Fsp3) is 0.125. The van der Waals surface area contributed by atoms with E-state index in [0.29, 0.717) is 17.2 Å². The lowest BCUT2D eigenvalue weighted by Crippen LogP contribution is -2.09. The summed E-state index contributed by atoms with van der Waals surface area (Å²) in [5.41, 5.74) is 0.632. The van der Waals surface area contributed by atoms with Crippen LogP contribution in [0.5, 0.6) is 17.2 Å². The maximum absolute atomic E-state index is 11.7. The van der Waals surface area contributed by atoms with Crippen LogP contribution in [0.3, 0.4) is 0 Å². The molecule has 2 aromatic rings. The molecule has 0 unspecified atom stereocenters. The Morgan fingerprint density at radius 3 is 2.24 bits per heavy atom. The summed E-state index contributed by atoms with van der Waals surface area (Å²) >= 11 is 0. The molecule has 0 radical (unpaired) electrons. The smallest absolute Gasteiger partial charge is 0.354 e. The number of hydrogen-bond acceptors (Lipinski definition) is 5. The third kappa shape index (κ3) is 4.07. The fourth-order valence-corrected chi connectivity index (χ4v) is 1.63. The molecule has 108 valence electrons. The molecule has 0 atom stereocenters. The molecule has 2 aromatic carbocycles. The second-order valence-corrected chi connectivity index (χ2v) is 4.03. The van der Waals surface area contributed by atoms with Gasteiger partial charge in [0.2, 0.25) is 0 Å². The Kier molecular flexibility index (Phi) is 4.93. The molecule has 21 heavy (non-hydrogen) atoms. The number of para-hydroxylation sites is 2. The molecule has 0 bridgehead atoms. The van der Waals surface area contributed by atoms with Crippen LogP contribution in [-0.4, -0.2) is 26.4 Å².